The molecule has 1 aliphatic rings. The number of hydrogen-bond donors (Lipinski definition) is 4. The minimum atomic E-state index is -0.702. The zero-order valence-electron chi connectivity index (χ0n) is 10.8. The molecule has 116 valence electrons. The number of nitrogens with one attached hydrogen (secondary N) is 1. The summed E-state index contributed by atoms with van der Waals surface area (Å²) in [6, 6.07) is 1.53. The van der Waals surface area contributed by atoms with Gasteiger partial charge in [0, 0.05) is 38.3 Å². The zero-order chi connectivity index (χ0) is 13.1. The van der Waals surface area contributed by atoms with Gasteiger partial charge in [0.15, 0.2) is 0 Å². The number of hydrogen-bond acceptors (Lipinski definition) is 5. The third-order valence-electron chi connectivity index (χ3n) is 3.19. The van der Waals surface area contributed by atoms with Crippen molar-refractivity contribution in [3.8, 4) is 17.2 Å². The summed E-state index contributed by atoms with van der Waals surface area (Å²) in [5.74, 6) is -0.811. The quantitative estimate of drug-likeness (QED) is 0.677. The Morgan fingerprint density at radius 3 is 2.05 bits per heavy atom. The van der Waals surface area contributed by atoms with Crippen LogP contribution in [0.2, 0.25) is 0 Å². The highest BCUT2D eigenvalue weighted by atomic mass is 35.5. The zero-order valence-corrected chi connectivity index (χ0v) is 12.4. The largest absolute Gasteiger partial charge is 0.508 e. The molecule has 2 rings (SSSR count). The van der Waals surface area contributed by atoms with Crippen LogP contribution in [-0.2, 0) is 0 Å². The van der Waals surface area contributed by atoms with Crippen LogP contribution in [-0.4, -0.2) is 53.1 Å². The van der Waals surface area contributed by atoms with Gasteiger partial charge in [-0.25, -0.2) is 4.39 Å². The van der Waals surface area contributed by atoms with Crippen LogP contribution in [0.25, 0.3) is 0 Å². The van der Waals surface area contributed by atoms with Gasteiger partial charge >= 0.3 is 0 Å². The van der Waals surface area contributed by atoms with E-state index in [1.54, 1.807) is 0 Å². The molecular formula is C12H19Cl2FN2O3. The molecule has 5 nitrogen and oxygen atoms in total. The van der Waals surface area contributed by atoms with Crippen LogP contribution in [0.5, 0.6) is 17.2 Å². The highest BCUT2D eigenvalue weighted by Gasteiger charge is 2.27. The molecule has 4 N–H and O–H groups in total. The van der Waals surface area contributed by atoms with Crippen LogP contribution in [0, 0.1) is 0 Å². The summed E-state index contributed by atoms with van der Waals surface area (Å²) in [7, 11) is 0. The van der Waals surface area contributed by atoms with Crippen LogP contribution in [0.15, 0.2) is 12.1 Å². The average molecular weight is 329 g/mol. The van der Waals surface area contributed by atoms with Crippen LogP contribution in [0.1, 0.15) is 11.6 Å². The average Bonchev–Trinajstić information content (AvgIpc) is 2.34. The van der Waals surface area contributed by atoms with Crippen LogP contribution >= 0.6 is 24.8 Å². The first kappa shape index (κ1) is 19.1. The minimum Gasteiger partial charge on any atom is -0.508 e. The lowest BCUT2D eigenvalue weighted by Gasteiger charge is -2.34. The summed E-state index contributed by atoms with van der Waals surface area (Å²) >= 11 is 0. The fraction of sp³-hybridized carbons (Fsp3) is 0.500. The standard InChI is InChI=1S/C12H17FN2O3.2ClH/c13-7-9(15-3-1-14-2-4-15)12-10(17)5-8(16)6-11(12)18;;/h5-6,9,14,16-18H,1-4,7H2;2*1H/t9-;;/m1../s1. The Hall–Kier alpha value is -0.950. The molecule has 0 unspecified atom stereocenters. The summed E-state index contributed by atoms with van der Waals surface area (Å²) in [6.45, 7) is 2.08. The molecular weight excluding hydrogens is 310 g/mol. The van der Waals surface area contributed by atoms with Crippen LogP contribution in [0.3, 0.4) is 0 Å². The van der Waals surface area contributed by atoms with E-state index >= 15 is 0 Å². The molecule has 20 heavy (non-hydrogen) atoms. The van der Waals surface area contributed by atoms with Gasteiger partial charge < -0.3 is 20.6 Å². The predicted octanol–water partition coefficient (Wildman–Crippen LogP) is 1.56. The molecule has 1 fully saturated rings. The van der Waals surface area contributed by atoms with Gasteiger partial charge in [-0.1, -0.05) is 0 Å². The molecule has 0 aromatic heterocycles. The smallest absolute Gasteiger partial charge is 0.127 e. The molecule has 0 radical (unpaired) electrons. The monoisotopic (exact) mass is 328 g/mol. The topological polar surface area (TPSA) is 76.0 Å². The maximum absolute atomic E-state index is 13.2. The van der Waals surface area contributed by atoms with E-state index in [1.165, 1.54) is 0 Å². The van der Waals surface area contributed by atoms with Crippen molar-refractivity contribution in [3.05, 3.63) is 17.7 Å². The SMILES string of the molecule is Cl.Cl.Oc1cc(O)c([C@@H](CF)N2CCNCC2)c(O)c1. The van der Waals surface area contributed by atoms with E-state index in [1.807, 2.05) is 4.90 Å². The number of piperazine rings is 1. The van der Waals surface area contributed by atoms with Crippen molar-refractivity contribution in [1.82, 2.24) is 10.2 Å². The van der Waals surface area contributed by atoms with E-state index < -0.39 is 12.7 Å². The Morgan fingerprint density at radius 2 is 1.60 bits per heavy atom. The summed E-state index contributed by atoms with van der Waals surface area (Å²) in [5, 5.41) is 32.0. The van der Waals surface area contributed by atoms with Gasteiger partial charge in [0.05, 0.1) is 11.6 Å². The van der Waals surface area contributed by atoms with Gasteiger partial charge in [0.1, 0.15) is 23.9 Å². The Balaban J connectivity index is 0.00000180. The molecule has 8 heteroatoms. The highest BCUT2D eigenvalue weighted by Crippen LogP contribution is 2.39. The number of phenolic OH excluding ortho intramolecular Hbond substituents is 3. The molecule has 1 saturated heterocycles. The van der Waals surface area contributed by atoms with Crippen LogP contribution < -0.4 is 5.32 Å². The Labute approximate surface area is 129 Å². The number of benzene rings is 1. The van der Waals surface area contributed by atoms with Gasteiger partial charge in [-0.05, 0) is 0 Å². The van der Waals surface area contributed by atoms with Crippen molar-refractivity contribution in [2.75, 3.05) is 32.9 Å². The van der Waals surface area contributed by atoms with Crippen molar-refractivity contribution in [1.29, 1.82) is 0 Å². The molecule has 1 aromatic carbocycles. The Bertz CT molecular complexity index is 408. The molecule has 0 aliphatic carbocycles. The van der Waals surface area contributed by atoms with Crippen molar-refractivity contribution in [2.45, 2.75) is 6.04 Å². The molecule has 0 saturated carbocycles. The number of aromatic hydroxyl groups is 3. The van der Waals surface area contributed by atoms with Gasteiger partial charge in [-0.2, -0.15) is 0 Å². The van der Waals surface area contributed by atoms with Gasteiger partial charge in [-0.15, -0.1) is 24.8 Å². The normalized spacial score (nSPS) is 16.9. The molecule has 1 aliphatic heterocycles. The fourth-order valence-electron chi connectivity index (χ4n) is 2.30. The maximum atomic E-state index is 13.2. The third-order valence-corrected chi connectivity index (χ3v) is 3.19. The second-order valence-corrected chi connectivity index (χ2v) is 4.35. The summed E-state index contributed by atoms with van der Waals surface area (Å²) in [4.78, 5) is 1.86. The van der Waals surface area contributed by atoms with E-state index in [4.69, 9.17) is 0 Å². The molecule has 0 spiro atoms. The van der Waals surface area contributed by atoms with E-state index in [2.05, 4.69) is 5.32 Å². The second kappa shape index (κ2) is 8.36. The Kier molecular flexibility index (Phi) is 7.96. The lowest BCUT2D eigenvalue weighted by molar-refractivity contribution is 0.142. The van der Waals surface area contributed by atoms with E-state index in [-0.39, 0.29) is 47.6 Å². The number of halogens is 3. The number of alkyl halides is 1. The molecule has 1 aromatic rings. The van der Waals surface area contributed by atoms with Crippen molar-refractivity contribution in [2.24, 2.45) is 0 Å². The van der Waals surface area contributed by atoms with Crippen molar-refractivity contribution >= 4 is 24.8 Å². The lowest BCUT2D eigenvalue weighted by Crippen LogP contribution is -2.45. The summed E-state index contributed by atoms with van der Waals surface area (Å²) < 4.78 is 13.2. The molecule has 0 amide bonds. The maximum Gasteiger partial charge on any atom is 0.127 e. The first-order chi connectivity index (χ1) is 8.63. The third kappa shape index (κ3) is 4.02. The van der Waals surface area contributed by atoms with E-state index in [9.17, 15) is 19.7 Å². The second-order valence-electron chi connectivity index (χ2n) is 4.35. The van der Waals surface area contributed by atoms with Crippen molar-refractivity contribution in [3.63, 3.8) is 0 Å². The van der Waals surface area contributed by atoms with Gasteiger partial charge in [0.2, 0.25) is 0 Å². The molecule has 0 bridgehead atoms. The molecule has 1 atom stereocenters. The van der Waals surface area contributed by atoms with E-state index in [0.717, 1.165) is 25.2 Å². The fourth-order valence-corrected chi connectivity index (χ4v) is 2.30. The lowest BCUT2D eigenvalue weighted by atomic mass is 10.0. The number of nitrogens with zero attached hydrogens (tertiary/aromatic N) is 1. The minimum absolute atomic E-state index is 0. The van der Waals surface area contributed by atoms with E-state index in [0.29, 0.717) is 13.1 Å². The van der Waals surface area contributed by atoms with Gasteiger partial charge in [-0.3, -0.25) is 4.90 Å². The summed E-state index contributed by atoms with van der Waals surface area (Å²) in [6.07, 6.45) is 0. The number of rotatable bonds is 3. The number of phenols is 3. The van der Waals surface area contributed by atoms with Gasteiger partial charge in [0.25, 0.3) is 0 Å². The predicted molar refractivity (Wildman–Crippen MR) is 79.1 cm³/mol. The first-order valence-electron chi connectivity index (χ1n) is 5.89. The van der Waals surface area contributed by atoms with Crippen molar-refractivity contribution < 1.29 is 19.7 Å². The highest BCUT2D eigenvalue weighted by molar-refractivity contribution is 5.85. The molecule has 1 heterocycles. The van der Waals surface area contributed by atoms with Crippen LogP contribution in [0.4, 0.5) is 4.39 Å². The first-order valence-corrected chi connectivity index (χ1v) is 5.89. The summed E-state index contributed by atoms with van der Waals surface area (Å²) in [5.41, 5.74) is 0.136. The Morgan fingerprint density at radius 1 is 1.10 bits per heavy atom.